The van der Waals surface area contributed by atoms with Crippen LogP contribution in [0.4, 0.5) is 0 Å². The number of hydrogen-bond acceptors (Lipinski definition) is 3. The van der Waals surface area contributed by atoms with Crippen molar-refractivity contribution in [1.29, 1.82) is 0 Å². The first kappa shape index (κ1) is 32.5. The van der Waals surface area contributed by atoms with Crippen molar-refractivity contribution < 1.29 is 0 Å². The maximum Gasteiger partial charge on any atom is 0.160 e. The van der Waals surface area contributed by atoms with Gasteiger partial charge in [-0.15, -0.1) is 11.3 Å². The van der Waals surface area contributed by atoms with Gasteiger partial charge < -0.3 is 9.13 Å². The topological polar surface area (TPSA) is 35.6 Å². The molecule has 0 aliphatic heterocycles. The van der Waals surface area contributed by atoms with Crippen LogP contribution in [0.1, 0.15) is 0 Å². The number of aromatic nitrogens is 4. The fourth-order valence-corrected chi connectivity index (χ4v) is 10.6. The highest BCUT2D eigenvalue weighted by molar-refractivity contribution is 7.25. The second-order valence-electron chi connectivity index (χ2n) is 15.3. The molecule has 0 atom stereocenters. The molecule has 0 amide bonds. The fourth-order valence-electron chi connectivity index (χ4n) is 9.52. The van der Waals surface area contributed by atoms with E-state index < -0.39 is 0 Å². The maximum atomic E-state index is 5.39. The summed E-state index contributed by atoms with van der Waals surface area (Å²) < 4.78 is 7.49. The normalized spacial score (nSPS) is 12.1. The average molecular weight is 769 g/mol. The predicted molar refractivity (Wildman–Crippen MR) is 249 cm³/mol. The van der Waals surface area contributed by atoms with E-state index in [0.717, 1.165) is 44.4 Å². The average Bonchev–Trinajstić information content (AvgIpc) is 3.95. The molecule has 0 unspecified atom stereocenters. The summed E-state index contributed by atoms with van der Waals surface area (Å²) in [4.78, 5) is 10.6. The van der Waals surface area contributed by atoms with Gasteiger partial charge in [0.2, 0.25) is 0 Å². The lowest BCUT2D eigenvalue weighted by Gasteiger charge is -2.15. The Hall–Kier alpha value is -7.60. The van der Waals surface area contributed by atoms with E-state index >= 15 is 0 Å². The van der Waals surface area contributed by atoms with E-state index in [1.165, 1.54) is 69.2 Å². The van der Waals surface area contributed by atoms with Crippen molar-refractivity contribution in [2.45, 2.75) is 0 Å². The van der Waals surface area contributed by atoms with Crippen LogP contribution in [0.15, 0.2) is 194 Å². The highest BCUT2D eigenvalue weighted by Gasteiger charge is 2.23. The Labute approximate surface area is 342 Å². The van der Waals surface area contributed by atoms with Gasteiger partial charge in [-0.3, -0.25) is 0 Å². The van der Waals surface area contributed by atoms with Gasteiger partial charge in [-0.05, 0) is 66.0 Å². The number of nitrogens with zero attached hydrogens (tertiary/aromatic N) is 4. The van der Waals surface area contributed by atoms with Crippen molar-refractivity contribution in [3.05, 3.63) is 194 Å². The molecule has 13 rings (SSSR count). The molecule has 13 aromatic rings. The first-order chi connectivity index (χ1) is 29.3. The molecular formula is C54H32N4S. The lowest BCUT2D eigenvalue weighted by atomic mass is 10.0. The summed E-state index contributed by atoms with van der Waals surface area (Å²) >= 11 is 1.84. The summed E-state index contributed by atoms with van der Waals surface area (Å²) in [7, 11) is 0. The lowest BCUT2D eigenvalue weighted by Crippen LogP contribution is -1.99. The molecule has 4 heterocycles. The van der Waals surface area contributed by atoms with E-state index in [9.17, 15) is 0 Å². The number of para-hydroxylation sites is 4. The van der Waals surface area contributed by atoms with Gasteiger partial charge >= 0.3 is 0 Å². The number of rotatable bonds is 4. The quantitative estimate of drug-likeness (QED) is 0.179. The number of thiophene rings is 1. The fraction of sp³-hybridized carbons (Fsp3) is 0. The molecule has 9 aromatic carbocycles. The van der Waals surface area contributed by atoms with E-state index in [2.05, 4.69) is 203 Å². The zero-order valence-electron chi connectivity index (χ0n) is 31.7. The molecule has 4 nitrogen and oxygen atoms in total. The molecule has 0 radical (unpaired) electrons. The van der Waals surface area contributed by atoms with Gasteiger partial charge in [0.05, 0.1) is 39.0 Å². The molecule has 59 heavy (non-hydrogen) atoms. The largest absolute Gasteiger partial charge is 0.309 e. The van der Waals surface area contributed by atoms with Crippen molar-refractivity contribution in [3.8, 4) is 34.0 Å². The molecule has 0 bridgehead atoms. The second-order valence-corrected chi connectivity index (χ2v) is 16.4. The SMILES string of the molecule is c1cc(-c2nc(-c3ccc4sc5ccccc5c4c3)c3ccccc3n2)cc(-n2c3ccccc3c3c(-n4c5ccccc5c5ccccc54)c4ccccc4cc32)c1. The second kappa shape index (κ2) is 12.4. The third kappa shape index (κ3) is 4.77. The van der Waals surface area contributed by atoms with Crippen LogP contribution in [0.25, 0.3) is 119 Å². The zero-order valence-corrected chi connectivity index (χ0v) is 32.5. The van der Waals surface area contributed by atoms with Crippen molar-refractivity contribution >= 4 is 96.8 Å². The minimum Gasteiger partial charge on any atom is -0.309 e. The van der Waals surface area contributed by atoms with E-state index in [1.807, 2.05) is 11.3 Å². The molecule has 0 aliphatic rings. The van der Waals surface area contributed by atoms with Crippen LogP contribution in [0.3, 0.4) is 0 Å². The Bertz CT molecular complexity index is 3810. The summed E-state index contributed by atoms with van der Waals surface area (Å²) in [6.45, 7) is 0. The van der Waals surface area contributed by atoms with E-state index in [4.69, 9.17) is 9.97 Å². The predicted octanol–water partition coefficient (Wildman–Crippen LogP) is 14.7. The highest BCUT2D eigenvalue weighted by atomic mass is 32.1. The van der Waals surface area contributed by atoms with Gasteiger partial charge in [-0.25, -0.2) is 9.97 Å². The molecule has 0 aliphatic carbocycles. The van der Waals surface area contributed by atoms with Gasteiger partial charge in [-0.1, -0.05) is 133 Å². The van der Waals surface area contributed by atoms with Gasteiger partial charge in [-0.2, -0.15) is 0 Å². The minimum absolute atomic E-state index is 0.702. The summed E-state index contributed by atoms with van der Waals surface area (Å²) in [5.74, 6) is 0.702. The molecule has 0 saturated carbocycles. The number of hydrogen-bond donors (Lipinski definition) is 0. The molecular weight excluding hydrogens is 737 g/mol. The van der Waals surface area contributed by atoms with Crippen LogP contribution < -0.4 is 0 Å². The Morgan fingerprint density at radius 3 is 1.80 bits per heavy atom. The smallest absolute Gasteiger partial charge is 0.160 e. The van der Waals surface area contributed by atoms with Crippen LogP contribution in [0.5, 0.6) is 0 Å². The Morgan fingerprint density at radius 1 is 0.373 bits per heavy atom. The molecule has 0 N–H and O–H groups in total. The molecule has 0 spiro atoms. The van der Waals surface area contributed by atoms with Crippen molar-refractivity contribution in [2.24, 2.45) is 0 Å². The monoisotopic (exact) mass is 768 g/mol. The first-order valence-electron chi connectivity index (χ1n) is 20.0. The molecule has 4 aromatic heterocycles. The van der Waals surface area contributed by atoms with Crippen molar-refractivity contribution in [3.63, 3.8) is 0 Å². The maximum absolute atomic E-state index is 5.39. The summed E-state index contributed by atoms with van der Waals surface area (Å²) in [5.41, 5.74) is 10.8. The van der Waals surface area contributed by atoms with Crippen LogP contribution in [-0.4, -0.2) is 19.1 Å². The number of benzene rings is 9. The molecule has 5 heteroatoms. The number of fused-ring (bicyclic) bond motifs is 11. The minimum atomic E-state index is 0.702. The van der Waals surface area contributed by atoms with Crippen LogP contribution >= 0.6 is 11.3 Å². The Morgan fingerprint density at radius 2 is 1.00 bits per heavy atom. The van der Waals surface area contributed by atoms with Gasteiger partial charge in [0.1, 0.15) is 0 Å². The third-order valence-electron chi connectivity index (χ3n) is 12.1. The standard InChI is InChI=1S/C54H32N4S/c1-2-17-37-33(14-1)32-48-51(53(37)58-45-24-9-4-18-38(45)39-19-5-10-25-46(39)58)42-22-6-11-26-47(42)57(48)36-16-13-15-35(30-36)54-55-44-23-8-3-21-41(44)52(56-54)34-28-29-50-43(31-34)40-20-7-12-27-49(40)59-50/h1-32H. The summed E-state index contributed by atoms with van der Waals surface area (Å²) in [6.07, 6.45) is 0. The van der Waals surface area contributed by atoms with Crippen LogP contribution in [-0.2, 0) is 0 Å². The molecule has 274 valence electrons. The molecule has 0 fully saturated rings. The first-order valence-corrected chi connectivity index (χ1v) is 20.8. The lowest BCUT2D eigenvalue weighted by molar-refractivity contribution is 1.17. The zero-order chi connectivity index (χ0) is 38.6. The van der Waals surface area contributed by atoms with E-state index in [-0.39, 0.29) is 0 Å². The van der Waals surface area contributed by atoms with Gasteiger partial charge in [0, 0.05) is 69.3 Å². The summed E-state index contributed by atoms with van der Waals surface area (Å²) in [6, 6.07) is 70.1. The Balaban J connectivity index is 1.06. The van der Waals surface area contributed by atoms with Crippen LogP contribution in [0, 0.1) is 0 Å². The summed E-state index contributed by atoms with van der Waals surface area (Å²) in [5, 5.41) is 10.9. The Kier molecular flexibility index (Phi) is 6.85. The van der Waals surface area contributed by atoms with Gasteiger partial charge in [0.15, 0.2) is 5.82 Å². The van der Waals surface area contributed by atoms with Crippen LogP contribution in [0.2, 0.25) is 0 Å². The van der Waals surface area contributed by atoms with E-state index in [0.29, 0.717) is 5.82 Å². The third-order valence-corrected chi connectivity index (χ3v) is 13.2. The van der Waals surface area contributed by atoms with E-state index in [1.54, 1.807) is 0 Å². The van der Waals surface area contributed by atoms with Crippen molar-refractivity contribution in [2.75, 3.05) is 0 Å². The highest BCUT2D eigenvalue weighted by Crippen LogP contribution is 2.44. The molecule has 0 saturated heterocycles. The van der Waals surface area contributed by atoms with Crippen molar-refractivity contribution in [1.82, 2.24) is 19.1 Å². The van der Waals surface area contributed by atoms with Gasteiger partial charge in [0.25, 0.3) is 0 Å².